The molecule has 0 N–H and O–H groups in total. The first kappa shape index (κ1) is 15.4. The van der Waals surface area contributed by atoms with Gasteiger partial charge in [0.1, 0.15) is 5.02 Å². The molecule has 2 rings (SSSR count). The van der Waals surface area contributed by atoms with E-state index in [1.165, 1.54) is 16.4 Å². The SMILES string of the molecule is CC(C)(C)n1ncc(Sc2ccc(Cl)cc2)c(Cl)c1=O. The molecular weight excluding hydrogens is 315 g/mol. The summed E-state index contributed by atoms with van der Waals surface area (Å²) < 4.78 is 1.39. The van der Waals surface area contributed by atoms with Crippen LogP contribution in [0.25, 0.3) is 0 Å². The lowest BCUT2D eigenvalue weighted by Crippen LogP contribution is -2.36. The second-order valence-electron chi connectivity index (χ2n) is 5.27. The first-order valence-corrected chi connectivity index (χ1v) is 7.58. The number of benzene rings is 1. The zero-order valence-corrected chi connectivity index (χ0v) is 13.7. The molecule has 0 fully saturated rings. The number of aromatic nitrogens is 2. The van der Waals surface area contributed by atoms with Crippen LogP contribution in [-0.4, -0.2) is 9.78 Å². The monoisotopic (exact) mass is 328 g/mol. The maximum atomic E-state index is 12.2. The van der Waals surface area contributed by atoms with Crippen LogP contribution >= 0.6 is 35.0 Å². The van der Waals surface area contributed by atoms with Gasteiger partial charge in [-0.05, 0) is 45.0 Å². The lowest BCUT2D eigenvalue weighted by Gasteiger charge is -2.21. The van der Waals surface area contributed by atoms with Crippen molar-refractivity contribution in [2.24, 2.45) is 0 Å². The molecule has 106 valence electrons. The number of halogens is 2. The molecule has 0 spiro atoms. The zero-order valence-electron chi connectivity index (χ0n) is 11.4. The van der Waals surface area contributed by atoms with E-state index >= 15 is 0 Å². The van der Waals surface area contributed by atoms with Crippen molar-refractivity contribution >= 4 is 35.0 Å². The van der Waals surface area contributed by atoms with E-state index in [1.54, 1.807) is 18.3 Å². The van der Waals surface area contributed by atoms with E-state index in [9.17, 15) is 4.79 Å². The molecule has 1 aromatic heterocycles. The fourth-order valence-electron chi connectivity index (χ4n) is 1.60. The molecule has 0 aliphatic rings. The number of hydrogen-bond acceptors (Lipinski definition) is 3. The molecule has 0 saturated heterocycles. The molecule has 6 heteroatoms. The number of hydrogen-bond donors (Lipinski definition) is 0. The Morgan fingerprint density at radius 1 is 1.15 bits per heavy atom. The summed E-state index contributed by atoms with van der Waals surface area (Å²) in [5.74, 6) is 0. The smallest absolute Gasteiger partial charge is 0.266 e. The third-order valence-corrected chi connectivity index (χ3v) is 4.33. The van der Waals surface area contributed by atoms with Crippen molar-refractivity contribution in [1.29, 1.82) is 0 Å². The summed E-state index contributed by atoms with van der Waals surface area (Å²) in [6.45, 7) is 5.72. The van der Waals surface area contributed by atoms with Gasteiger partial charge in [-0.2, -0.15) is 5.10 Å². The van der Waals surface area contributed by atoms with Gasteiger partial charge in [0.25, 0.3) is 5.56 Å². The van der Waals surface area contributed by atoms with E-state index < -0.39 is 5.54 Å². The normalized spacial score (nSPS) is 11.7. The first-order chi connectivity index (χ1) is 9.29. The molecular formula is C14H14Cl2N2OS. The minimum Gasteiger partial charge on any atom is -0.266 e. The van der Waals surface area contributed by atoms with Gasteiger partial charge in [-0.3, -0.25) is 4.79 Å². The maximum absolute atomic E-state index is 12.2. The summed E-state index contributed by atoms with van der Waals surface area (Å²) >= 11 is 13.4. The Hall–Kier alpha value is -0.970. The van der Waals surface area contributed by atoms with E-state index in [0.717, 1.165) is 4.90 Å². The van der Waals surface area contributed by atoms with E-state index in [1.807, 2.05) is 32.9 Å². The maximum Gasteiger partial charge on any atom is 0.287 e. The zero-order chi connectivity index (χ0) is 14.9. The second-order valence-corrected chi connectivity index (χ2v) is 7.20. The standard InChI is InChI=1S/C14H14Cl2N2OS/c1-14(2,3)18-13(19)12(16)11(8-17-18)20-10-6-4-9(15)5-7-10/h4-8H,1-3H3. The Kier molecular flexibility index (Phi) is 4.47. The van der Waals surface area contributed by atoms with Crippen LogP contribution in [0.5, 0.6) is 0 Å². The van der Waals surface area contributed by atoms with Crippen molar-refractivity contribution in [1.82, 2.24) is 9.78 Å². The highest BCUT2D eigenvalue weighted by atomic mass is 35.5. The van der Waals surface area contributed by atoms with Gasteiger partial charge in [0.15, 0.2) is 0 Å². The summed E-state index contributed by atoms with van der Waals surface area (Å²) in [7, 11) is 0. The molecule has 0 radical (unpaired) electrons. The van der Waals surface area contributed by atoms with Gasteiger partial charge < -0.3 is 0 Å². The van der Waals surface area contributed by atoms with Crippen molar-refractivity contribution in [3.05, 3.63) is 50.9 Å². The molecule has 2 aromatic rings. The van der Waals surface area contributed by atoms with Crippen LogP contribution in [0.3, 0.4) is 0 Å². The van der Waals surface area contributed by atoms with Gasteiger partial charge in [-0.1, -0.05) is 35.0 Å². The largest absolute Gasteiger partial charge is 0.287 e. The molecule has 20 heavy (non-hydrogen) atoms. The van der Waals surface area contributed by atoms with E-state index in [2.05, 4.69) is 5.10 Å². The predicted octanol–water partition coefficient (Wildman–Crippen LogP) is 4.46. The molecule has 0 aliphatic carbocycles. The van der Waals surface area contributed by atoms with Gasteiger partial charge in [-0.15, -0.1) is 0 Å². The summed E-state index contributed by atoms with van der Waals surface area (Å²) in [6, 6.07) is 7.33. The Bertz CT molecular complexity index is 675. The van der Waals surface area contributed by atoms with E-state index in [0.29, 0.717) is 9.92 Å². The Morgan fingerprint density at radius 3 is 2.30 bits per heavy atom. The summed E-state index contributed by atoms with van der Waals surface area (Å²) in [5, 5.41) is 5.05. The lowest BCUT2D eigenvalue weighted by molar-refractivity contribution is 0.336. The summed E-state index contributed by atoms with van der Waals surface area (Å²) in [4.78, 5) is 13.8. The van der Waals surface area contributed by atoms with Crippen LogP contribution < -0.4 is 5.56 Å². The highest BCUT2D eigenvalue weighted by Gasteiger charge is 2.19. The number of rotatable bonds is 2. The second kappa shape index (κ2) is 5.80. The van der Waals surface area contributed by atoms with Gasteiger partial charge in [-0.25, -0.2) is 4.68 Å². The molecule has 0 atom stereocenters. The van der Waals surface area contributed by atoms with Crippen molar-refractivity contribution in [2.45, 2.75) is 36.1 Å². The van der Waals surface area contributed by atoms with Gasteiger partial charge in [0.05, 0.1) is 16.6 Å². The van der Waals surface area contributed by atoms with Crippen molar-refractivity contribution in [2.75, 3.05) is 0 Å². The fourth-order valence-corrected chi connectivity index (χ4v) is 2.77. The van der Waals surface area contributed by atoms with Crippen LogP contribution in [0.15, 0.2) is 45.0 Å². The lowest BCUT2D eigenvalue weighted by atomic mass is 10.1. The first-order valence-electron chi connectivity index (χ1n) is 6.01. The molecule has 0 aliphatic heterocycles. The minimum absolute atomic E-state index is 0.190. The van der Waals surface area contributed by atoms with Crippen LogP contribution in [0.1, 0.15) is 20.8 Å². The average Bonchev–Trinajstić information content (AvgIpc) is 2.36. The average molecular weight is 329 g/mol. The predicted molar refractivity (Wildman–Crippen MR) is 84.1 cm³/mol. The van der Waals surface area contributed by atoms with Crippen molar-refractivity contribution < 1.29 is 0 Å². The van der Waals surface area contributed by atoms with Crippen LogP contribution in [0.4, 0.5) is 0 Å². The molecule has 3 nitrogen and oxygen atoms in total. The molecule has 0 saturated carbocycles. The van der Waals surface area contributed by atoms with Gasteiger partial charge >= 0.3 is 0 Å². The molecule has 1 aromatic carbocycles. The van der Waals surface area contributed by atoms with Crippen LogP contribution in [0, 0.1) is 0 Å². The molecule has 0 amide bonds. The highest BCUT2D eigenvalue weighted by Crippen LogP contribution is 2.31. The van der Waals surface area contributed by atoms with Gasteiger partial charge in [0.2, 0.25) is 0 Å². The quantitative estimate of drug-likeness (QED) is 0.816. The van der Waals surface area contributed by atoms with E-state index in [4.69, 9.17) is 23.2 Å². The molecule has 0 unspecified atom stereocenters. The number of nitrogens with zero attached hydrogens (tertiary/aromatic N) is 2. The third-order valence-electron chi connectivity index (χ3n) is 2.56. The van der Waals surface area contributed by atoms with Crippen LogP contribution in [-0.2, 0) is 5.54 Å². The van der Waals surface area contributed by atoms with E-state index in [-0.39, 0.29) is 10.6 Å². The van der Waals surface area contributed by atoms with Crippen molar-refractivity contribution in [3.63, 3.8) is 0 Å². The summed E-state index contributed by atoms with van der Waals surface area (Å²) in [6.07, 6.45) is 1.62. The van der Waals surface area contributed by atoms with Crippen LogP contribution in [0.2, 0.25) is 10.0 Å². The third kappa shape index (κ3) is 3.37. The topological polar surface area (TPSA) is 34.9 Å². The highest BCUT2D eigenvalue weighted by molar-refractivity contribution is 7.99. The Balaban J connectivity index is 2.37. The molecule has 0 bridgehead atoms. The molecule has 1 heterocycles. The summed E-state index contributed by atoms with van der Waals surface area (Å²) in [5.41, 5.74) is -0.678. The van der Waals surface area contributed by atoms with Crippen molar-refractivity contribution in [3.8, 4) is 0 Å². The Labute approximate surface area is 131 Å². The van der Waals surface area contributed by atoms with Gasteiger partial charge in [0, 0.05) is 9.92 Å². The Morgan fingerprint density at radius 2 is 1.75 bits per heavy atom. The minimum atomic E-state index is -0.399. The fraction of sp³-hybridized carbons (Fsp3) is 0.286.